The maximum absolute atomic E-state index is 14.0. The van der Waals surface area contributed by atoms with Gasteiger partial charge in [-0.05, 0) is 95.3 Å². The zero-order valence-corrected chi connectivity index (χ0v) is 25.3. The Balaban J connectivity index is 1.59. The van der Waals surface area contributed by atoms with Crippen molar-refractivity contribution in [2.24, 2.45) is 0 Å². The molecule has 1 N–H and O–H groups in total. The molecule has 8 nitrogen and oxygen atoms in total. The van der Waals surface area contributed by atoms with Crippen LogP contribution in [0, 0.1) is 13.8 Å². The summed E-state index contributed by atoms with van der Waals surface area (Å²) >= 11 is 6.85. The van der Waals surface area contributed by atoms with Crippen molar-refractivity contribution in [1.29, 1.82) is 0 Å². The maximum Gasteiger partial charge on any atom is 0.256 e. The lowest BCUT2D eigenvalue weighted by molar-refractivity contribution is -0.122. The van der Waals surface area contributed by atoms with Crippen molar-refractivity contribution < 1.29 is 19.1 Å². The van der Waals surface area contributed by atoms with Gasteiger partial charge in [-0.2, -0.15) is 0 Å². The molecule has 1 aromatic carbocycles. The molecule has 40 heavy (non-hydrogen) atoms. The molecule has 2 aliphatic heterocycles. The van der Waals surface area contributed by atoms with Gasteiger partial charge in [-0.1, -0.05) is 24.9 Å². The minimum absolute atomic E-state index is 0.0151. The molecule has 2 amide bonds. The van der Waals surface area contributed by atoms with Crippen LogP contribution in [0.1, 0.15) is 84.8 Å². The summed E-state index contributed by atoms with van der Waals surface area (Å²) in [6.07, 6.45) is 4.75. The first-order valence-electron chi connectivity index (χ1n) is 14.6. The second kappa shape index (κ2) is 13.7. The molecule has 0 saturated carbocycles. The predicted molar refractivity (Wildman–Crippen MR) is 157 cm³/mol. The van der Waals surface area contributed by atoms with Gasteiger partial charge in [-0.3, -0.25) is 14.5 Å². The molecule has 4 rings (SSSR count). The summed E-state index contributed by atoms with van der Waals surface area (Å²) in [5.41, 5.74) is 5.05. The standard InChI is InChI=1S/C31H43ClN4O4/c1-6-7-14-39-30-25(21(4)15-22(5)34-30)18-36-13-10-24-23(17-33-27(37)19-35-11-8-9-12-35)16-26(40-20(2)3)29(32)28(24)31(36)38/h15-16,20H,6-14,17-19H2,1-5H3,(H,33,37). The summed E-state index contributed by atoms with van der Waals surface area (Å²) in [5, 5.41) is 3.38. The molecular formula is C31H43ClN4O4. The van der Waals surface area contributed by atoms with Gasteiger partial charge in [-0.15, -0.1) is 0 Å². The number of carbonyl (C=O) groups is 2. The van der Waals surface area contributed by atoms with E-state index in [0.29, 0.717) is 61.4 Å². The summed E-state index contributed by atoms with van der Waals surface area (Å²) < 4.78 is 12.1. The van der Waals surface area contributed by atoms with Gasteiger partial charge < -0.3 is 19.7 Å². The molecule has 9 heteroatoms. The summed E-state index contributed by atoms with van der Waals surface area (Å²) in [6, 6.07) is 3.91. The quantitative estimate of drug-likeness (QED) is 0.352. The van der Waals surface area contributed by atoms with Crippen molar-refractivity contribution in [3.8, 4) is 11.6 Å². The van der Waals surface area contributed by atoms with Crippen LogP contribution in [0.3, 0.4) is 0 Å². The number of aryl methyl sites for hydroxylation is 2. The van der Waals surface area contributed by atoms with Crippen LogP contribution < -0.4 is 14.8 Å². The smallest absolute Gasteiger partial charge is 0.256 e. The molecule has 0 unspecified atom stereocenters. The van der Waals surface area contributed by atoms with Crippen LogP contribution in [0.2, 0.25) is 5.02 Å². The van der Waals surface area contributed by atoms with Gasteiger partial charge in [0.2, 0.25) is 11.8 Å². The molecule has 2 aliphatic rings. The normalized spacial score (nSPS) is 15.5. The Bertz CT molecular complexity index is 1230. The second-order valence-electron chi connectivity index (χ2n) is 11.2. The highest BCUT2D eigenvalue weighted by Crippen LogP contribution is 2.38. The van der Waals surface area contributed by atoms with Crippen LogP contribution in [0.25, 0.3) is 0 Å². The highest BCUT2D eigenvalue weighted by Gasteiger charge is 2.32. The Kier molecular flexibility index (Phi) is 10.3. The summed E-state index contributed by atoms with van der Waals surface area (Å²) in [7, 11) is 0. The Morgan fingerprint density at radius 1 is 1.18 bits per heavy atom. The lowest BCUT2D eigenvalue weighted by Gasteiger charge is -2.32. The predicted octanol–water partition coefficient (Wildman–Crippen LogP) is 5.23. The number of ether oxygens (including phenoxy) is 2. The van der Waals surface area contributed by atoms with Crippen molar-refractivity contribution in [2.75, 3.05) is 32.8 Å². The molecule has 0 bridgehead atoms. The van der Waals surface area contributed by atoms with Crippen molar-refractivity contribution >= 4 is 23.4 Å². The third-order valence-electron chi connectivity index (χ3n) is 7.49. The number of carbonyl (C=O) groups excluding carboxylic acids is 2. The Hall–Kier alpha value is -2.84. The molecule has 1 fully saturated rings. The van der Waals surface area contributed by atoms with Gasteiger partial charge in [0, 0.05) is 24.3 Å². The highest BCUT2D eigenvalue weighted by molar-refractivity contribution is 6.35. The van der Waals surface area contributed by atoms with Gasteiger partial charge in [0.25, 0.3) is 5.91 Å². The lowest BCUT2D eigenvalue weighted by atomic mass is 9.92. The number of halogens is 1. The molecule has 0 radical (unpaired) electrons. The summed E-state index contributed by atoms with van der Waals surface area (Å²) in [4.78, 5) is 35.3. The molecule has 0 aliphatic carbocycles. The van der Waals surface area contributed by atoms with Gasteiger partial charge in [-0.25, -0.2) is 4.98 Å². The topological polar surface area (TPSA) is 84.0 Å². The van der Waals surface area contributed by atoms with E-state index >= 15 is 0 Å². The molecule has 2 aromatic rings. The first kappa shape index (κ1) is 30.1. The SMILES string of the molecule is CCCCOc1nc(C)cc(C)c1CN1CCc2c(CNC(=O)CN3CCCC3)cc(OC(C)C)c(Cl)c2C1=O. The van der Waals surface area contributed by atoms with Gasteiger partial charge in [0.1, 0.15) is 5.75 Å². The van der Waals surface area contributed by atoms with Crippen molar-refractivity contribution in [2.45, 2.75) is 85.9 Å². The van der Waals surface area contributed by atoms with E-state index in [4.69, 9.17) is 21.1 Å². The van der Waals surface area contributed by atoms with E-state index in [1.165, 1.54) is 0 Å². The first-order valence-corrected chi connectivity index (χ1v) is 14.9. The Morgan fingerprint density at radius 2 is 1.93 bits per heavy atom. The maximum atomic E-state index is 14.0. The van der Waals surface area contributed by atoms with Crippen molar-refractivity contribution in [3.63, 3.8) is 0 Å². The fourth-order valence-corrected chi connectivity index (χ4v) is 5.72. The van der Waals surface area contributed by atoms with E-state index in [0.717, 1.165) is 66.7 Å². The number of nitrogens with zero attached hydrogens (tertiary/aromatic N) is 3. The first-order chi connectivity index (χ1) is 19.2. The fourth-order valence-electron chi connectivity index (χ4n) is 5.43. The van der Waals surface area contributed by atoms with Crippen LogP contribution in [0.15, 0.2) is 12.1 Å². The van der Waals surface area contributed by atoms with E-state index in [1.54, 1.807) is 0 Å². The van der Waals surface area contributed by atoms with Gasteiger partial charge in [0.05, 0.1) is 36.4 Å². The number of hydrogen-bond acceptors (Lipinski definition) is 6. The van der Waals surface area contributed by atoms with Crippen molar-refractivity contribution in [3.05, 3.63) is 50.7 Å². The Labute approximate surface area is 243 Å². The number of likely N-dealkylation sites (tertiary alicyclic amines) is 1. The molecule has 1 aromatic heterocycles. The molecule has 3 heterocycles. The van der Waals surface area contributed by atoms with Crippen LogP contribution in [-0.4, -0.2) is 65.5 Å². The third-order valence-corrected chi connectivity index (χ3v) is 7.87. The highest BCUT2D eigenvalue weighted by atomic mass is 35.5. The average molecular weight is 571 g/mol. The molecule has 1 saturated heterocycles. The fraction of sp³-hybridized carbons (Fsp3) is 0.581. The Morgan fingerprint density at radius 3 is 2.62 bits per heavy atom. The number of pyridine rings is 1. The summed E-state index contributed by atoms with van der Waals surface area (Å²) in [6.45, 7) is 14.1. The average Bonchev–Trinajstić information content (AvgIpc) is 3.40. The number of fused-ring (bicyclic) bond motifs is 1. The van der Waals surface area contributed by atoms with E-state index in [9.17, 15) is 9.59 Å². The number of aromatic nitrogens is 1. The van der Waals surface area contributed by atoms with Crippen LogP contribution in [0.4, 0.5) is 0 Å². The van der Waals surface area contributed by atoms with E-state index in [-0.39, 0.29) is 17.9 Å². The van der Waals surface area contributed by atoms with Crippen LogP contribution in [0.5, 0.6) is 11.6 Å². The van der Waals surface area contributed by atoms with Crippen LogP contribution >= 0.6 is 11.6 Å². The third kappa shape index (κ3) is 7.26. The molecule has 0 atom stereocenters. The van der Waals surface area contributed by atoms with Crippen molar-refractivity contribution in [1.82, 2.24) is 20.1 Å². The molecule has 218 valence electrons. The van der Waals surface area contributed by atoms with Gasteiger partial charge >= 0.3 is 0 Å². The van der Waals surface area contributed by atoms with Crippen LogP contribution in [-0.2, 0) is 24.3 Å². The number of hydrogen-bond donors (Lipinski definition) is 1. The number of unbranched alkanes of at least 4 members (excludes halogenated alkanes) is 1. The largest absolute Gasteiger partial charge is 0.489 e. The number of rotatable bonds is 12. The zero-order valence-electron chi connectivity index (χ0n) is 24.6. The second-order valence-corrected chi connectivity index (χ2v) is 11.5. The minimum atomic E-state index is -0.149. The van der Waals surface area contributed by atoms with Gasteiger partial charge in [0.15, 0.2) is 0 Å². The molecular weight excluding hydrogens is 528 g/mol. The monoisotopic (exact) mass is 570 g/mol. The lowest BCUT2D eigenvalue weighted by Crippen LogP contribution is -2.39. The minimum Gasteiger partial charge on any atom is -0.489 e. The zero-order chi connectivity index (χ0) is 28.8. The van der Waals surface area contributed by atoms with E-state index < -0.39 is 0 Å². The number of nitrogens with one attached hydrogen (secondary N) is 1. The number of benzene rings is 1. The summed E-state index contributed by atoms with van der Waals surface area (Å²) in [5.74, 6) is 0.892. The van der Waals surface area contributed by atoms with E-state index in [2.05, 4.69) is 22.1 Å². The molecule has 0 spiro atoms. The number of amides is 2. The van der Waals surface area contributed by atoms with E-state index in [1.807, 2.05) is 44.7 Å².